The zero-order valence-electron chi connectivity index (χ0n) is 13.4. The lowest BCUT2D eigenvalue weighted by Crippen LogP contribution is -2.36. The van der Waals surface area contributed by atoms with E-state index in [1.54, 1.807) is 18.7 Å². The molecule has 0 bridgehead atoms. The van der Waals surface area contributed by atoms with Crippen LogP contribution in [0.5, 0.6) is 5.75 Å². The minimum absolute atomic E-state index is 0.199. The van der Waals surface area contributed by atoms with Crippen LogP contribution in [0.3, 0.4) is 0 Å². The smallest absolute Gasteiger partial charge is 0.266 e. The first-order valence-corrected chi connectivity index (χ1v) is 8.78. The fraction of sp³-hybridized carbons (Fsp3) is 0.167. The molecule has 0 radical (unpaired) electrons. The molecule has 0 fully saturated rings. The second kappa shape index (κ2) is 6.60. The average Bonchev–Trinajstić information content (AvgIpc) is 3.08. The Labute approximate surface area is 148 Å². The van der Waals surface area contributed by atoms with Crippen molar-refractivity contribution in [1.29, 1.82) is 0 Å². The van der Waals surface area contributed by atoms with E-state index >= 15 is 0 Å². The summed E-state index contributed by atoms with van der Waals surface area (Å²) in [7, 11) is 0. The Bertz CT molecular complexity index is 925. The third-order valence-electron chi connectivity index (χ3n) is 3.75. The Morgan fingerprint density at radius 2 is 2.00 bits per heavy atom. The van der Waals surface area contributed by atoms with Crippen molar-refractivity contribution in [2.24, 2.45) is 0 Å². The maximum absolute atomic E-state index is 12.7. The van der Waals surface area contributed by atoms with Gasteiger partial charge in [0.15, 0.2) is 6.10 Å². The summed E-state index contributed by atoms with van der Waals surface area (Å²) in [6, 6.07) is 15.1. The molecule has 126 valence electrons. The zero-order chi connectivity index (χ0) is 17.2. The summed E-state index contributed by atoms with van der Waals surface area (Å²) in [6.07, 6.45) is -0.556. The van der Waals surface area contributed by atoms with Crippen molar-refractivity contribution >= 4 is 23.4 Å². The molecule has 25 heavy (non-hydrogen) atoms. The summed E-state index contributed by atoms with van der Waals surface area (Å²) in [5.74, 6) is 2.01. The van der Waals surface area contributed by atoms with Crippen LogP contribution in [0.1, 0.15) is 5.89 Å². The molecule has 6 nitrogen and oxygen atoms in total. The third-order valence-corrected chi connectivity index (χ3v) is 4.87. The minimum atomic E-state index is -0.556. The van der Waals surface area contributed by atoms with Gasteiger partial charge in [-0.1, -0.05) is 29.4 Å². The van der Waals surface area contributed by atoms with E-state index in [0.717, 1.165) is 10.6 Å². The fourth-order valence-electron chi connectivity index (χ4n) is 2.56. The number of rotatable bonds is 3. The van der Waals surface area contributed by atoms with E-state index in [0.29, 0.717) is 28.7 Å². The molecule has 7 heteroatoms. The number of hydrogen-bond acceptors (Lipinski definition) is 6. The lowest BCUT2D eigenvalue weighted by atomic mass is 10.1. The van der Waals surface area contributed by atoms with Crippen LogP contribution in [0.15, 0.2) is 57.9 Å². The highest BCUT2D eigenvalue weighted by molar-refractivity contribution is 7.99. The number of amides is 1. The Morgan fingerprint density at radius 3 is 2.84 bits per heavy atom. The summed E-state index contributed by atoms with van der Waals surface area (Å²) < 4.78 is 10.9. The van der Waals surface area contributed by atoms with Gasteiger partial charge < -0.3 is 14.6 Å². The monoisotopic (exact) mass is 353 g/mol. The maximum atomic E-state index is 12.7. The average molecular weight is 353 g/mol. The second-order valence-electron chi connectivity index (χ2n) is 5.54. The number of benzene rings is 2. The van der Waals surface area contributed by atoms with Gasteiger partial charge in [-0.3, -0.25) is 4.79 Å². The number of thioether (sulfide) groups is 1. The first-order chi connectivity index (χ1) is 12.2. The first kappa shape index (κ1) is 15.7. The van der Waals surface area contributed by atoms with Gasteiger partial charge in [0.25, 0.3) is 5.91 Å². The number of fused-ring (bicyclic) bond motifs is 1. The third kappa shape index (κ3) is 3.23. The van der Waals surface area contributed by atoms with Gasteiger partial charge in [0.1, 0.15) is 5.75 Å². The number of anilines is 1. The Kier molecular flexibility index (Phi) is 4.15. The highest BCUT2D eigenvalue weighted by Gasteiger charge is 2.27. The molecular weight excluding hydrogens is 338 g/mol. The molecule has 1 atom stereocenters. The predicted molar refractivity (Wildman–Crippen MR) is 94.7 cm³/mol. The fourth-order valence-corrected chi connectivity index (χ4v) is 3.54. The highest BCUT2D eigenvalue weighted by atomic mass is 32.2. The van der Waals surface area contributed by atoms with Crippen molar-refractivity contribution in [3.8, 4) is 17.1 Å². The van der Waals surface area contributed by atoms with Crippen LogP contribution >= 0.6 is 11.8 Å². The number of carbonyl (C=O) groups excluding carboxylic acids is 1. The molecule has 1 unspecified atom stereocenters. The molecule has 1 aliphatic heterocycles. The van der Waals surface area contributed by atoms with Crippen molar-refractivity contribution < 1.29 is 14.1 Å². The van der Waals surface area contributed by atoms with Crippen LogP contribution in [-0.4, -0.2) is 27.9 Å². The molecule has 0 saturated heterocycles. The number of aryl methyl sites for hydroxylation is 1. The molecule has 3 aromatic rings. The summed E-state index contributed by atoms with van der Waals surface area (Å²) in [6.45, 7) is 1.72. The highest BCUT2D eigenvalue weighted by Crippen LogP contribution is 2.35. The van der Waals surface area contributed by atoms with Gasteiger partial charge in [0.05, 0.1) is 5.69 Å². The van der Waals surface area contributed by atoms with Gasteiger partial charge in [-0.05, 0) is 24.3 Å². The second-order valence-corrected chi connectivity index (χ2v) is 6.60. The van der Waals surface area contributed by atoms with Crippen LogP contribution in [-0.2, 0) is 4.79 Å². The van der Waals surface area contributed by atoms with E-state index in [1.807, 2.05) is 48.5 Å². The van der Waals surface area contributed by atoms with Crippen LogP contribution in [0.25, 0.3) is 11.4 Å². The summed E-state index contributed by atoms with van der Waals surface area (Å²) in [4.78, 5) is 17.9. The van der Waals surface area contributed by atoms with Crippen molar-refractivity contribution in [3.05, 3.63) is 54.4 Å². The number of nitrogens with one attached hydrogen (secondary N) is 1. The summed E-state index contributed by atoms with van der Waals surface area (Å²) >= 11 is 1.61. The van der Waals surface area contributed by atoms with Gasteiger partial charge in [-0.25, -0.2) is 0 Å². The number of ether oxygens (including phenoxy) is 1. The molecule has 1 aliphatic rings. The maximum Gasteiger partial charge on any atom is 0.266 e. The van der Waals surface area contributed by atoms with Crippen LogP contribution < -0.4 is 10.1 Å². The van der Waals surface area contributed by atoms with E-state index in [4.69, 9.17) is 9.26 Å². The minimum Gasteiger partial charge on any atom is -0.479 e. The molecule has 0 spiro atoms. The number of para-hydroxylation sites is 2. The Morgan fingerprint density at radius 1 is 1.20 bits per heavy atom. The molecule has 1 aromatic heterocycles. The van der Waals surface area contributed by atoms with Gasteiger partial charge >= 0.3 is 0 Å². The van der Waals surface area contributed by atoms with E-state index in [-0.39, 0.29) is 5.91 Å². The van der Waals surface area contributed by atoms with Crippen molar-refractivity contribution in [2.45, 2.75) is 17.9 Å². The van der Waals surface area contributed by atoms with Crippen LogP contribution in [0.4, 0.5) is 5.69 Å². The van der Waals surface area contributed by atoms with Crippen molar-refractivity contribution in [3.63, 3.8) is 0 Å². The quantitative estimate of drug-likeness (QED) is 0.776. The zero-order valence-corrected chi connectivity index (χ0v) is 14.2. The Balaban J connectivity index is 1.54. The lowest BCUT2D eigenvalue weighted by molar-refractivity contribution is -0.122. The number of aromatic nitrogens is 2. The standard InChI is InChI=1S/C18H15N3O3S/c1-11-19-17(21-24-11)12-6-2-3-7-13(12)20-18(22)15-10-25-16-9-5-4-8-14(16)23-15/h2-9,15H,10H2,1H3,(H,20,22). The molecule has 4 rings (SSSR count). The van der Waals surface area contributed by atoms with Crippen molar-refractivity contribution in [2.75, 3.05) is 11.1 Å². The number of carbonyl (C=O) groups is 1. The summed E-state index contributed by atoms with van der Waals surface area (Å²) in [5, 5.41) is 6.84. The topological polar surface area (TPSA) is 77.2 Å². The Hall–Kier alpha value is -2.80. The van der Waals surface area contributed by atoms with Gasteiger partial charge in [0, 0.05) is 23.1 Å². The first-order valence-electron chi connectivity index (χ1n) is 7.80. The van der Waals surface area contributed by atoms with E-state index in [1.165, 1.54) is 0 Å². The lowest BCUT2D eigenvalue weighted by Gasteiger charge is -2.24. The van der Waals surface area contributed by atoms with Gasteiger partial charge in [-0.15, -0.1) is 11.8 Å². The molecule has 1 N–H and O–H groups in total. The van der Waals surface area contributed by atoms with E-state index < -0.39 is 6.10 Å². The predicted octanol–water partition coefficient (Wildman–Crippen LogP) is 3.54. The van der Waals surface area contributed by atoms with Gasteiger partial charge in [0.2, 0.25) is 11.7 Å². The normalized spacial score (nSPS) is 16.0. The molecule has 2 aromatic carbocycles. The molecule has 0 saturated carbocycles. The SMILES string of the molecule is Cc1nc(-c2ccccc2NC(=O)C2CSc3ccccc3O2)no1. The van der Waals surface area contributed by atoms with Crippen LogP contribution in [0, 0.1) is 6.92 Å². The van der Waals surface area contributed by atoms with E-state index in [2.05, 4.69) is 15.5 Å². The molecule has 0 aliphatic carbocycles. The van der Waals surface area contributed by atoms with Crippen LogP contribution in [0.2, 0.25) is 0 Å². The summed E-state index contributed by atoms with van der Waals surface area (Å²) in [5.41, 5.74) is 1.33. The molecule has 1 amide bonds. The molecule has 2 heterocycles. The van der Waals surface area contributed by atoms with E-state index in [9.17, 15) is 4.79 Å². The number of nitrogens with zero attached hydrogens (tertiary/aromatic N) is 2. The number of hydrogen-bond donors (Lipinski definition) is 1. The van der Waals surface area contributed by atoms with Gasteiger partial charge in [-0.2, -0.15) is 4.98 Å². The largest absolute Gasteiger partial charge is 0.479 e. The molecular formula is C18H15N3O3S. The van der Waals surface area contributed by atoms with Crippen molar-refractivity contribution in [1.82, 2.24) is 10.1 Å².